The van der Waals surface area contributed by atoms with Gasteiger partial charge in [0.2, 0.25) is 5.13 Å². The van der Waals surface area contributed by atoms with E-state index in [1.165, 1.54) is 18.2 Å². The first kappa shape index (κ1) is 14.4. The van der Waals surface area contributed by atoms with Crippen LogP contribution in [-0.4, -0.2) is 32.9 Å². The van der Waals surface area contributed by atoms with Gasteiger partial charge >= 0.3 is 5.97 Å². The number of rotatable bonds is 5. The lowest BCUT2D eigenvalue weighted by molar-refractivity contribution is -0.133. The van der Waals surface area contributed by atoms with Crippen molar-refractivity contribution >= 4 is 40.1 Å². The van der Waals surface area contributed by atoms with Gasteiger partial charge in [-0.25, -0.2) is 4.39 Å². The molecule has 20 heavy (non-hydrogen) atoms. The molecule has 0 unspecified atom stereocenters. The molecule has 6 nitrogen and oxygen atoms in total. The van der Waals surface area contributed by atoms with Crippen molar-refractivity contribution in [3.05, 3.63) is 35.6 Å². The number of aromatic nitrogens is 2. The van der Waals surface area contributed by atoms with E-state index in [4.69, 9.17) is 5.11 Å². The van der Waals surface area contributed by atoms with Gasteiger partial charge in [-0.2, -0.15) is 0 Å². The molecule has 0 bridgehead atoms. The van der Waals surface area contributed by atoms with E-state index in [0.717, 1.165) is 23.1 Å². The Balaban J connectivity index is 2.02. The summed E-state index contributed by atoms with van der Waals surface area (Å²) in [5.74, 6) is -2.37. The minimum atomic E-state index is -0.970. The summed E-state index contributed by atoms with van der Waals surface area (Å²) in [7, 11) is 0. The zero-order valence-electron chi connectivity index (χ0n) is 9.87. The molecular formula is C11H8FN3O3S2. The van der Waals surface area contributed by atoms with Gasteiger partial charge in [-0.15, -0.1) is 10.2 Å². The van der Waals surface area contributed by atoms with Gasteiger partial charge in [0, 0.05) is 0 Å². The maximum atomic E-state index is 13.4. The molecule has 0 fully saturated rings. The van der Waals surface area contributed by atoms with Gasteiger partial charge in [0.1, 0.15) is 5.82 Å². The fraction of sp³-hybridized carbons (Fsp3) is 0.0909. The van der Waals surface area contributed by atoms with E-state index >= 15 is 0 Å². The molecule has 2 N–H and O–H groups in total. The molecule has 0 radical (unpaired) electrons. The van der Waals surface area contributed by atoms with Crippen LogP contribution < -0.4 is 5.32 Å². The second-order valence-corrected chi connectivity index (χ2v) is 5.69. The number of amides is 1. The van der Waals surface area contributed by atoms with Crippen LogP contribution in [0.1, 0.15) is 10.4 Å². The minimum Gasteiger partial charge on any atom is -0.481 e. The molecule has 2 rings (SSSR count). The van der Waals surface area contributed by atoms with Crippen molar-refractivity contribution in [2.75, 3.05) is 11.1 Å². The second-order valence-electron chi connectivity index (χ2n) is 3.49. The van der Waals surface area contributed by atoms with Crippen molar-refractivity contribution in [3.8, 4) is 0 Å². The molecule has 104 valence electrons. The number of halogens is 1. The number of carbonyl (C=O) groups excluding carboxylic acids is 1. The van der Waals surface area contributed by atoms with Crippen molar-refractivity contribution in [3.63, 3.8) is 0 Å². The van der Waals surface area contributed by atoms with Crippen LogP contribution >= 0.6 is 23.1 Å². The van der Waals surface area contributed by atoms with Gasteiger partial charge in [-0.1, -0.05) is 35.2 Å². The zero-order valence-corrected chi connectivity index (χ0v) is 11.5. The molecular weight excluding hydrogens is 305 g/mol. The number of nitrogens with one attached hydrogen (secondary N) is 1. The second kappa shape index (κ2) is 6.44. The molecule has 2 aromatic rings. The quantitative estimate of drug-likeness (QED) is 0.649. The average molecular weight is 313 g/mol. The number of anilines is 1. The van der Waals surface area contributed by atoms with E-state index in [-0.39, 0.29) is 16.4 Å². The molecule has 1 amide bonds. The molecule has 1 heterocycles. The van der Waals surface area contributed by atoms with Crippen LogP contribution in [0, 0.1) is 5.82 Å². The molecule has 0 aliphatic rings. The van der Waals surface area contributed by atoms with Crippen molar-refractivity contribution in [2.45, 2.75) is 4.34 Å². The third-order valence-corrected chi connectivity index (χ3v) is 4.02. The van der Waals surface area contributed by atoms with Crippen LogP contribution in [0.15, 0.2) is 28.6 Å². The molecule has 0 aliphatic carbocycles. The van der Waals surface area contributed by atoms with Gasteiger partial charge in [0.25, 0.3) is 5.91 Å². The lowest BCUT2D eigenvalue weighted by atomic mass is 10.2. The van der Waals surface area contributed by atoms with Gasteiger partial charge in [0.15, 0.2) is 4.34 Å². The summed E-state index contributed by atoms with van der Waals surface area (Å²) in [5, 5.41) is 18.5. The third-order valence-electron chi connectivity index (χ3n) is 2.06. The number of carboxylic acid groups (broad SMARTS) is 1. The maximum Gasteiger partial charge on any atom is 0.313 e. The number of nitrogens with zero attached hydrogens (tertiary/aromatic N) is 2. The lowest BCUT2D eigenvalue weighted by Gasteiger charge is -2.01. The Morgan fingerprint density at radius 3 is 2.80 bits per heavy atom. The summed E-state index contributed by atoms with van der Waals surface area (Å²) in [4.78, 5) is 22.2. The Labute approximate surface area is 121 Å². The third kappa shape index (κ3) is 3.75. The first-order valence-electron chi connectivity index (χ1n) is 5.30. The Kier molecular flexibility index (Phi) is 4.64. The summed E-state index contributed by atoms with van der Waals surface area (Å²) >= 11 is 2.02. The van der Waals surface area contributed by atoms with E-state index < -0.39 is 17.7 Å². The zero-order chi connectivity index (χ0) is 14.5. The highest BCUT2D eigenvalue weighted by Crippen LogP contribution is 2.25. The summed E-state index contributed by atoms with van der Waals surface area (Å²) < 4.78 is 13.8. The Morgan fingerprint density at radius 1 is 1.35 bits per heavy atom. The minimum absolute atomic E-state index is 0.0950. The Bertz CT molecular complexity index is 647. The smallest absolute Gasteiger partial charge is 0.313 e. The van der Waals surface area contributed by atoms with E-state index in [1.807, 2.05) is 0 Å². The number of hydrogen-bond donors (Lipinski definition) is 2. The van der Waals surface area contributed by atoms with E-state index in [1.54, 1.807) is 6.07 Å². The van der Waals surface area contributed by atoms with Gasteiger partial charge < -0.3 is 5.11 Å². The molecule has 1 aromatic carbocycles. The fourth-order valence-corrected chi connectivity index (χ4v) is 2.72. The number of benzene rings is 1. The maximum absolute atomic E-state index is 13.4. The average Bonchev–Trinajstić information content (AvgIpc) is 2.84. The fourth-order valence-electron chi connectivity index (χ4n) is 1.25. The molecule has 0 spiro atoms. The lowest BCUT2D eigenvalue weighted by Crippen LogP contribution is -2.13. The van der Waals surface area contributed by atoms with Crippen LogP contribution in [0.3, 0.4) is 0 Å². The van der Waals surface area contributed by atoms with Crippen molar-refractivity contribution in [1.82, 2.24) is 10.2 Å². The Morgan fingerprint density at radius 2 is 2.10 bits per heavy atom. The largest absolute Gasteiger partial charge is 0.481 e. The van der Waals surface area contributed by atoms with Gasteiger partial charge in [0.05, 0.1) is 11.3 Å². The number of carboxylic acids is 1. The summed E-state index contributed by atoms with van der Waals surface area (Å²) in [5.41, 5.74) is -0.0950. The van der Waals surface area contributed by atoms with E-state index in [9.17, 15) is 14.0 Å². The number of hydrogen-bond acceptors (Lipinski definition) is 6. The number of thioether (sulfide) groups is 1. The SMILES string of the molecule is O=C(O)CSc1nnc(NC(=O)c2ccccc2F)s1. The molecule has 0 aliphatic heterocycles. The van der Waals surface area contributed by atoms with Crippen LogP contribution in [0.4, 0.5) is 9.52 Å². The highest BCUT2D eigenvalue weighted by molar-refractivity contribution is 8.01. The molecule has 0 saturated heterocycles. The summed E-state index contributed by atoms with van der Waals surface area (Å²) in [6.07, 6.45) is 0. The number of aliphatic carboxylic acids is 1. The normalized spacial score (nSPS) is 10.2. The number of carbonyl (C=O) groups is 2. The highest BCUT2D eigenvalue weighted by Gasteiger charge is 2.14. The summed E-state index contributed by atoms with van der Waals surface area (Å²) in [6, 6.07) is 5.57. The molecule has 0 atom stereocenters. The van der Waals surface area contributed by atoms with E-state index in [2.05, 4.69) is 15.5 Å². The Hall–Kier alpha value is -2.00. The standard InChI is InChI=1S/C11H8FN3O3S2/c12-7-4-2-1-3-6(7)9(18)13-10-14-15-11(20-10)19-5-8(16)17/h1-4H,5H2,(H,16,17)(H,13,14,18). The van der Waals surface area contributed by atoms with Crippen LogP contribution in [0.25, 0.3) is 0 Å². The first-order chi connectivity index (χ1) is 9.56. The van der Waals surface area contributed by atoms with Crippen LogP contribution in [0.5, 0.6) is 0 Å². The molecule has 9 heteroatoms. The summed E-state index contributed by atoms with van der Waals surface area (Å²) in [6.45, 7) is 0. The molecule has 0 saturated carbocycles. The predicted molar refractivity (Wildman–Crippen MR) is 72.6 cm³/mol. The van der Waals surface area contributed by atoms with Crippen molar-refractivity contribution in [2.24, 2.45) is 0 Å². The van der Waals surface area contributed by atoms with Crippen LogP contribution in [-0.2, 0) is 4.79 Å². The van der Waals surface area contributed by atoms with E-state index in [0.29, 0.717) is 4.34 Å². The van der Waals surface area contributed by atoms with Gasteiger partial charge in [-0.05, 0) is 12.1 Å². The van der Waals surface area contributed by atoms with Crippen molar-refractivity contribution in [1.29, 1.82) is 0 Å². The highest BCUT2D eigenvalue weighted by atomic mass is 32.2. The predicted octanol–water partition coefficient (Wildman–Crippen LogP) is 2.11. The van der Waals surface area contributed by atoms with Crippen LogP contribution in [0.2, 0.25) is 0 Å². The topological polar surface area (TPSA) is 92.2 Å². The van der Waals surface area contributed by atoms with Crippen molar-refractivity contribution < 1.29 is 19.1 Å². The monoisotopic (exact) mass is 313 g/mol. The first-order valence-corrected chi connectivity index (χ1v) is 7.10. The van der Waals surface area contributed by atoms with Gasteiger partial charge in [-0.3, -0.25) is 14.9 Å². The molecule has 1 aromatic heterocycles.